The Morgan fingerprint density at radius 3 is 2.92 bits per heavy atom. The number of hydrogen-bond acceptors (Lipinski definition) is 2. The van der Waals surface area contributed by atoms with E-state index in [2.05, 4.69) is 15.9 Å². The molecule has 2 rings (SSSR count). The van der Waals surface area contributed by atoms with Crippen LogP contribution in [-0.4, -0.2) is 0 Å². The van der Waals surface area contributed by atoms with Crippen LogP contribution in [0.5, 0.6) is 0 Å². The Hall–Kier alpha value is -1.09. The van der Waals surface area contributed by atoms with Gasteiger partial charge in [-0.25, -0.2) is 0 Å². The summed E-state index contributed by atoms with van der Waals surface area (Å²) in [5.74, 6) is 0. The van der Waals surface area contributed by atoms with Crippen LogP contribution >= 0.6 is 15.9 Å². The third kappa shape index (κ3) is 1.52. The predicted octanol–water partition coefficient (Wildman–Crippen LogP) is 2.69. The Balaban J connectivity index is 2.82. The summed E-state index contributed by atoms with van der Waals surface area (Å²) in [6, 6.07) is 7.02. The van der Waals surface area contributed by atoms with Crippen LogP contribution in [-0.2, 0) is 5.33 Å². The average molecular weight is 239 g/mol. The number of hydrogen-bond donors (Lipinski definition) is 0. The van der Waals surface area contributed by atoms with Gasteiger partial charge in [0.25, 0.3) is 0 Å². The Morgan fingerprint density at radius 1 is 1.31 bits per heavy atom. The maximum Gasteiger partial charge on any atom is 0.192 e. The summed E-state index contributed by atoms with van der Waals surface area (Å²) in [6.07, 6.45) is 1.42. The van der Waals surface area contributed by atoms with Crippen molar-refractivity contribution >= 4 is 26.9 Å². The predicted molar refractivity (Wildman–Crippen MR) is 55.1 cm³/mol. The van der Waals surface area contributed by atoms with Gasteiger partial charge >= 0.3 is 0 Å². The first-order valence-electron chi connectivity index (χ1n) is 3.87. The second-order valence-electron chi connectivity index (χ2n) is 2.75. The summed E-state index contributed by atoms with van der Waals surface area (Å²) >= 11 is 3.34. The molecule has 0 N–H and O–H groups in total. The third-order valence-corrected chi connectivity index (χ3v) is 2.53. The van der Waals surface area contributed by atoms with Gasteiger partial charge in [-0.15, -0.1) is 0 Å². The van der Waals surface area contributed by atoms with Crippen LogP contribution in [0.1, 0.15) is 5.56 Å². The van der Waals surface area contributed by atoms with Crippen molar-refractivity contribution < 1.29 is 4.42 Å². The van der Waals surface area contributed by atoms with Crippen LogP contribution in [0.2, 0.25) is 0 Å². The van der Waals surface area contributed by atoms with Crippen molar-refractivity contribution in [3.05, 3.63) is 46.3 Å². The molecular formula is C10H7BrO2. The minimum absolute atomic E-state index is 0.00375. The quantitative estimate of drug-likeness (QED) is 0.716. The van der Waals surface area contributed by atoms with Crippen LogP contribution in [0.15, 0.2) is 39.7 Å². The fraction of sp³-hybridized carbons (Fsp3) is 0.100. The zero-order chi connectivity index (χ0) is 9.26. The molecule has 0 radical (unpaired) electrons. The van der Waals surface area contributed by atoms with Gasteiger partial charge < -0.3 is 4.42 Å². The summed E-state index contributed by atoms with van der Waals surface area (Å²) in [5, 5.41) is 1.39. The van der Waals surface area contributed by atoms with Crippen molar-refractivity contribution in [2.24, 2.45) is 0 Å². The van der Waals surface area contributed by atoms with Crippen molar-refractivity contribution in [2.45, 2.75) is 5.33 Å². The fourth-order valence-corrected chi connectivity index (χ4v) is 1.56. The molecule has 1 aromatic heterocycles. The molecule has 0 unspecified atom stereocenters. The van der Waals surface area contributed by atoms with E-state index in [1.807, 2.05) is 18.2 Å². The van der Waals surface area contributed by atoms with E-state index in [-0.39, 0.29) is 5.43 Å². The normalized spacial score (nSPS) is 10.5. The number of alkyl halides is 1. The largest absolute Gasteiger partial charge is 0.464 e. The molecule has 66 valence electrons. The zero-order valence-electron chi connectivity index (χ0n) is 6.79. The Kier molecular flexibility index (Phi) is 2.19. The van der Waals surface area contributed by atoms with Crippen molar-refractivity contribution in [1.82, 2.24) is 0 Å². The van der Waals surface area contributed by atoms with Crippen LogP contribution < -0.4 is 5.43 Å². The van der Waals surface area contributed by atoms with Crippen molar-refractivity contribution in [3.63, 3.8) is 0 Å². The molecule has 0 amide bonds. The highest BCUT2D eigenvalue weighted by atomic mass is 79.9. The molecule has 1 heterocycles. The number of fused-ring (bicyclic) bond motifs is 1. The second-order valence-corrected chi connectivity index (χ2v) is 3.31. The lowest BCUT2D eigenvalue weighted by atomic mass is 10.1. The molecule has 2 nitrogen and oxygen atoms in total. The fourth-order valence-electron chi connectivity index (χ4n) is 1.21. The molecule has 0 saturated heterocycles. The molecule has 0 aliphatic heterocycles. The first-order valence-corrected chi connectivity index (χ1v) is 5.00. The lowest BCUT2D eigenvalue weighted by Crippen LogP contribution is -1.98. The molecule has 0 fully saturated rings. The van der Waals surface area contributed by atoms with Crippen molar-refractivity contribution in [2.75, 3.05) is 0 Å². The highest BCUT2D eigenvalue weighted by Crippen LogP contribution is 2.13. The lowest BCUT2D eigenvalue weighted by Gasteiger charge is -1.97. The molecule has 13 heavy (non-hydrogen) atoms. The first-order chi connectivity index (χ1) is 6.31. The Bertz CT molecular complexity index is 487. The first kappa shape index (κ1) is 8.51. The molecule has 1 aromatic carbocycles. The topological polar surface area (TPSA) is 30.2 Å². The van der Waals surface area contributed by atoms with Gasteiger partial charge in [-0.3, -0.25) is 4.79 Å². The molecule has 0 spiro atoms. The van der Waals surface area contributed by atoms with E-state index in [1.165, 1.54) is 12.3 Å². The lowest BCUT2D eigenvalue weighted by molar-refractivity contribution is 0.602. The number of rotatable bonds is 1. The van der Waals surface area contributed by atoms with Gasteiger partial charge in [-0.05, 0) is 17.7 Å². The van der Waals surface area contributed by atoms with Crippen LogP contribution in [0, 0.1) is 0 Å². The maximum absolute atomic E-state index is 11.4. The molecule has 0 atom stereocenters. The molecule has 0 aliphatic carbocycles. The monoisotopic (exact) mass is 238 g/mol. The van der Waals surface area contributed by atoms with Gasteiger partial charge in [0.2, 0.25) is 0 Å². The van der Waals surface area contributed by atoms with E-state index in [9.17, 15) is 4.79 Å². The van der Waals surface area contributed by atoms with Gasteiger partial charge in [0.05, 0.1) is 11.6 Å². The van der Waals surface area contributed by atoms with Gasteiger partial charge in [-0.2, -0.15) is 0 Å². The smallest absolute Gasteiger partial charge is 0.192 e. The summed E-state index contributed by atoms with van der Waals surface area (Å²) in [5.41, 5.74) is 1.72. The van der Waals surface area contributed by atoms with Crippen LogP contribution in [0.25, 0.3) is 11.0 Å². The summed E-state index contributed by atoms with van der Waals surface area (Å²) in [6.45, 7) is 0. The van der Waals surface area contributed by atoms with E-state index >= 15 is 0 Å². The Morgan fingerprint density at radius 2 is 2.15 bits per heavy atom. The second kappa shape index (κ2) is 3.34. The number of benzene rings is 1. The molecule has 0 saturated carbocycles. The Labute approximate surface area is 83.3 Å². The van der Waals surface area contributed by atoms with Gasteiger partial charge in [0.1, 0.15) is 5.58 Å². The molecule has 0 aliphatic rings. The minimum Gasteiger partial charge on any atom is -0.464 e. The van der Waals surface area contributed by atoms with E-state index in [0.29, 0.717) is 11.0 Å². The van der Waals surface area contributed by atoms with Crippen molar-refractivity contribution in [1.29, 1.82) is 0 Å². The van der Waals surface area contributed by atoms with E-state index in [1.54, 1.807) is 0 Å². The summed E-state index contributed by atoms with van der Waals surface area (Å²) in [7, 11) is 0. The van der Waals surface area contributed by atoms with E-state index in [4.69, 9.17) is 4.42 Å². The molecular weight excluding hydrogens is 232 g/mol. The molecule has 0 bridgehead atoms. The number of halogens is 1. The molecule has 2 aromatic rings. The highest BCUT2D eigenvalue weighted by molar-refractivity contribution is 9.08. The maximum atomic E-state index is 11.4. The SMILES string of the molecule is O=c1ccoc2ccc(CBr)cc12. The average Bonchev–Trinajstić information content (AvgIpc) is 2.18. The van der Waals surface area contributed by atoms with Gasteiger partial charge in [0, 0.05) is 11.4 Å². The summed E-state index contributed by atoms with van der Waals surface area (Å²) < 4.78 is 5.18. The van der Waals surface area contributed by atoms with Crippen LogP contribution in [0.3, 0.4) is 0 Å². The minimum atomic E-state index is 0.00375. The van der Waals surface area contributed by atoms with E-state index in [0.717, 1.165) is 10.9 Å². The highest BCUT2D eigenvalue weighted by Gasteiger charge is 1.99. The third-order valence-electron chi connectivity index (χ3n) is 1.88. The van der Waals surface area contributed by atoms with Crippen LogP contribution in [0.4, 0.5) is 0 Å². The van der Waals surface area contributed by atoms with E-state index < -0.39 is 0 Å². The van der Waals surface area contributed by atoms with Gasteiger partial charge in [-0.1, -0.05) is 22.0 Å². The summed E-state index contributed by atoms with van der Waals surface area (Å²) in [4.78, 5) is 11.4. The standard InChI is InChI=1S/C10H7BrO2/c11-6-7-1-2-10-8(5-7)9(12)3-4-13-10/h1-5H,6H2. The zero-order valence-corrected chi connectivity index (χ0v) is 8.37. The molecule has 3 heteroatoms. The van der Waals surface area contributed by atoms with Gasteiger partial charge in [0.15, 0.2) is 5.43 Å². The van der Waals surface area contributed by atoms with Crippen molar-refractivity contribution in [3.8, 4) is 0 Å².